The van der Waals surface area contributed by atoms with Gasteiger partial charge in [0.25, 0.3) is 5.91 Å². The summed E-state index contributed by atoms with van der Waals surface area (Å²) in [5.74, 6) is -0.0549. The molecule has 5 nitrogen and oxygen atoms in total. The molecule has 3 aromatic rings. The maximum atomic E-state index is 12.9. The molecular formula is C21H19N3O2S3. The zero-order valence-electron chi connectivity index (χ0n) is 15.8. The Morgan fingerprint density at radius 2 is 2.03 bits per heavy atom. The third-order valence-electron chi connectivity index (χ3n) is 4.41. The van der Waals surface area contributed by atoms with E-state index in [-0.39, 0.29) is 5.91 Å². The molecule has 0 bridgehead atoms. The van der Waals surface area contributed by atoms with Crippen molar-refractivity contribution < 1.29 is 9.53 Å². The SMILES string of the molecule is COCCCN1C(=O)/C(=C/c2cn(-c3ccccc3)nc2-c2cccs2)SC1=S. The number of amides is 1. The lowest BCUT2D eigenvalue weighted by atomic mass is 10.2. The normalized spacial score (nSPS) is 15.6. The predicted octanol–water partition coefficient (Wildman–Crippen LogP) is 4.84. The lowest BCUT2D eigenvalue weighted by molar-refractivity contribution is -0.122. The van der Waals surface area contributed by atoms with Crippen LogP contribution in [0, 0.1) is 0 Å². The van der Waals surface area contributed by atoms with E-state index in [9.17, 15) is 4.79 Å². The molecule has 1 aliphatic rings. The topological polar surface area (TPSA) is 47.4 Å². The van der Waals surface area contributed by atoms with E-state index < -0.39 is 0 Å². The summed E-state index contributed by atoms with van der Waals surface area (Å²) in [6, 6.07) is 14.0. The van der Waals surface area contributed by atoms with Gasteiger partial charge in [0.1, 0.15) is 10.0 Å². The minimum atomic E-state index is -0.0549. The highest BCUT2D eigenvalue weighted by atomic mass is 32.2. The lowest BCUT2D eigenvalue weighted by Crippen LogP contribution is -2.29. The second-order valence-electron chi connectivity index (χ2n) is 6.37. The van der Waals surface area contributed by atoms with Gasteiger partial charge in [0, 0.05) is 32.0 Å². The number of thiocarbonyl (C=S) groups is 1. The van der Waals surface area contributed by atoms with Gasteiger partial charge in [0.15, 0.2) is 0 Å². The van der Waals surface area contributed by atoms with Crippen molar-refractivity contribution in [3.8, 4) is 16.3 Å². The van der Waals surface area contributed by atoms with Crippen molar-refractivity contribution in [1.29, 1.82) is 0 Å². The number of thiophene rings is 1. The molecule has 0 N–H and O–H groups in total. The van der Waals surface area contributed by atoms with Crippen molar-refractivity contribution in [2.75, 3.05) is 20.3 Å². The van der Waals surface area contributed by atoms with E-state index in [0.29, 0.717) is 22.4 Å². The summed E-state index contributed by atoms with van der Waals surface area (Å²) < 4.78 is 7.52. The molecule has 2 aromatic heterocycles. The van der Waals surface area contributed by atoms with Crippen LogP contribution in [0.2, 0.25) is 0 Å². The van der Waals surface area contributed by atoms with Gasteiger partial charge in [-0.1, -0.05) is 48.2 Å². The molecule has 1 aromatic carbocycles. The van der Waals surface area contributed by atoms with E-state index in [0.717, 1.165) is 28.2 Å². The zero-order valence-corrected chi connectivity index (χ0v) is 18.2. The third kappa shape index (κ3) is 4.35. The van der Waals surface area contributed by atoms with Crippen LogP contribution in [0.5, 0.6) is 0 Å². The van der Waals surface area contributed by atoms with E-state index in [1.807, 2.05) is 64.8 Å². The van der Waals surface area contributed by atoms with Crippen LogP contribution in [0.1, 0.15) is 12.0 Å². The van der Waals surface area contributed by atoms with Crippen molar-refractivity contribution in [3.63, 3.8) is 0 Å². The fraction of sp³-hybridized carbons (Fsp3) is 0.190. The molecule has 4 rings (SSSR count). The van der Waals surface area contributed by atoms with Crippen LogP contribution in [0.15, 0.2) is 58.9 Å². The van der Waals surface area contributed by atoms with Crippen molar-refractivity contribution >= 4 is 51.6 Å². The number of para-hydroxylation sites is 1. The second kappa shape index (κ2) is 9.04. The molecule has 0 atom stereocenters. The Morgan fingerprint density at radius 1 is 1.21 bits per heavy atom. The number of hydrogen-bond donors (Lipinski definition) is 0. The summed E-state index contributed by atoms with van der Waals surface area (Å²) in [5, 5.41) is 6.81. The summed E-state index contributed by atoms with van der Waals surface area (Å²) >= 11 is 8.39. The number of carbonyl (C=O) groups excluding carboxylic acids is 1. The predicted molar refractivity (Wildman–Crippen MR) is 123 cm³/mol. The molecule has 148 valence electrons. The lowest BCUT2D eigenvalue weighted by Gasteiger charge is -2.13. The zero-order chi connectivity index (χ0) is 20.2. The molecular weight excluding hydrogens is 422 g/mol. The van der Waals surface area contributed by atoms with E-state index >= 15 is 0 Å². The number of rotatable bonds is 7. The summed E-state index contributed by atoms with van der Waals surface area (Å²) in [7, 11) is 1.65. The molecule has 0 saturated carbocycles. The number of aromatic nitrogens is 2. The van der Waals surface area contributed by atoms with Crippen LogP contribution in [0.4, 0.5) is 0 Å². The summed E-state index contributed by atoms with van der Waals surface area (Å²) in [6.07, 6.45) is 4.61. The minimum Gasteiger partial charge on any atom is -0.385 e. The van der Waals surface area contributed by atoms with Gasteiger partial charge in [-0.3, -0.25) is 9.69 Å². The third-order valence-corrected chi connectivity index (χ3v) is 6.66. The van der Waals surface area contributed by atoms with Crippen molar-refractivity contribution in [2.24, 2.45) is 0 Å². The standard InChI is InChI=1S/C21H19N3O2S3/c1-26-11-6-10-23-20(25)18(29-21(23)27)13-15-14-24(16-7-3-2-4-8-16)22-19(15)17-9-5-12-28-17/h2-5,7-9,12-14H,6,10-11H2,1H3/b18-13-. The summed E-state index contributed by atoms with van der Waals surface area (Å²) in [6.45, 7) is 1.17. The Labute approximate surface area is 183 Å². The van der Waals surface area contributed by atoms with Gasteiger partial charge in [0.05, 0.1) is 15.5 Å². The molecule has 0 spiro atoms. The van der Waals surface area contributed by atoms with Crippen molar-refractivity contribution in [2.45, 2.75) is 6.42 Å². The first-order valence-electron chi connectivity index (χ1n) is 9.10. The van der Waals surface area contributed by atoms with Crippen LogP contribution >= 0.6 is 35.3 Å². The minimum absolute atomic E-state index is 0.0549. The van der Waals surface area contributed by atoms with Gasteiger partial charge in [-0.05, 0) is 36.1 Å². The number of thioether (sulfide) groups is 1. The molecule has 29 heavy (non-hydrogen) atoms. The molecule has 1 amide bonds. The van der Waals surface area contributed by atoms with Crippen LogP contribution in [0.25, 0.3) is 22.3 Å². The number of hydrogen-bond acceptors (Lipinski definition) is 6. The largest absolute Gasteiger partial charge is 0.385 e. The van der Waals surface area contributed by atoms with Gasteiger partial charge >= 0.3 is 0 Å². The average molecular weight is 442 g/mol. The molecule has 0 unspecified atom stereocenters. The highest BCUT2D eigenvalue weighted by molar-refractivity contribution is 8.26. The second-order valence-corrected chi connectivity index (χ2v) is 8.99. The molecule has 1 saturated heterocycles. The van der Waals surface area contributed by atoms with E-state index in [1.165, 1.54) is 11.8 Å². The van der Waals surface area contributed by atoms with Gasteiger partial charge in [-0.25, -0.2) is 4.68 Å². The van der Waals surface area contributed by atoms with Crippen LogP contribution in [-0.4, -0.2) is 45.2 Å². The Hall–Kier alpha value is -2.26. The van der Waals surface area contributed by atoms with Gasteiger partial charge < -0.3 is 4.74 Å². The van der Waals surface area contributed by atoms with Crippen molar-refractivity contribution in [1.82, 2.24) is 14.7 Å². The molecule has 1 aliphatic heterocycles. The number of methoxy groups -OCH3 is 1. The summed E-state index contributed by atoms with van der Waals surface area (Å²) in [4.78, 5) is 16.2. The van der Waals surface area contributed by atoms with Crippen molar-refractivity contribution in [3.05, 3.63) is 64.5 Å². The Balaban J connectivity index is 1.68. The first kappa shape index (κ1) is 20.0. The molecule has 8 heteroatoms. The molecule has 3 heterocycles. The molecule has 0 radical (unpaired) electrons. The smallest absolute Gasteiger partial charge is 0.266 e. The average Bonchev–Trinajstić information content (AvgIpc) is 3.45. The quantitative estimate of drug-likeness (QED) is 0.298. The first-order valence-corrected chi connectivity index (χ1v) is 11.2. The van der Waals surface area contributed by atoms with Gasteiger partial charge in [0.2, 0.25) is 0 Å². The van der Waals surface area contributed by atoms with Crippen LogP contribution < -0.4 is 0 Å². The Morgan fingerprint density at radius 3 is 2.76 bits per heavy atom. The number of nitrogens with zero attached hydrogens (tertiary/aromatic N) is 3. The van der Waals surface area contributed by atoms with Gasteiger partial charge in [-0.15, -0.1) is 11.3 Å². The Bertz CT molecular complexity index is 1040. The maximum Gasteiger partial charge on any atom is 0.266 e. The van der Waals surface area contributed by atoms with E-state index in [4.69, 9.17) is 22.1 Å². The fourth-order valence-corrected chi connectivity index (χ4v) is 5.04. The monoisotopic (exact) mass is 441 g/mol. The number of ether oxygens (including phenoxy) is 1. The van der Waals surface area contributed by atoms with E-state index in [2.05, 4.69) is 0 Å². The number of benzene rings is 1. The first-order chi connectivity index (χ1) is 14.2. The highest BCUT2D eigenvalue weighted by Crippen LogP contribution is 2.35. The highest BCUT2D eigenvalue weighted by Gasteiger charge is 2.32. The van der Waals surface area contributed by atoms with Gasteiger partial charge in [-0.2, -0.15) is 5.10 Å². The summed E-state index contributed by atoms with van der Waals surface area (Å²) in [5.41, 5.74) is 2.72. The Kier molecular flexibility index (Phi) is 6.25. The van der Waals surface area contributed by atoms with Crippen LogP contribution in [0.3, 0.4) is 0 Å². The molecule has 0 aliphatic carbocycles. The number of carbonyl (C=O) groups is 1. The molecule has 1 fully saturated rings. The van der Waals surface area contributed by atoms with Crippen LogP contribution in [-0.2, 0) is 9.53 Å². The fourth-order valence-electron chi connectivity index (χ4n) is 3.01. The van der Waals surface area contributed by atoms with E-state index in [1.54, 1.807) is 23.3 Å². The maximum absolute atomic E-state index is 12.9.